The molecule has 1 aliphatic rings. The summed E-state index contributed by atoms with van der Waals surface area (Å²) in [5.41, 5.74) is 1.30. The molecule has 40 heavy (non-hydrogen) atoms. The van der Waals surface area contributed by atoms with Crippen molar-refractivity contribution >= 4 is 27.5 Å². The molecule has 3 aromatic rings. The first kappa shape index (κ1) is 29.3. The molecule has 3 aromatic carbocycles. The molecule has 1 unspecified atom stereocenters. The second kappa shape index (κ2) is 13.6. The van der Waals surface area contributed by atoms with E-state index in [1.54, 1.807) is 30.3 Å². The van der Waals surface area contributed by atoms with Gasteiger partial charge in [-0.2, -0.15) is 0 Å². The second-order valence-corrected chi connectivity index (χ2v) is 11.9. The van der Waals surface area contributed by atoms with E-state index in [1.165, 1.54) is 17.0 Å². The monoisotopic (exact) mass is 565 g/mol. The summed E-state index contributed by atoms with van der Waals surface area (Å²) in [5.74, 6) is -1.27. The van der Waals surface area contributed by atoms with Crippen LogP contribution in [0.25, 0.3) is 0 Å². The smallest absolute Gasteiger partial charge is 0.264 e. The largest absolute Gasteiger partial charge is 0.352 e. The quantitative estimate of drug-likeness (QED) is 0.338. The van der Waals surface area contributed by atoms with Crippen LogP contribution in [0.15, 0.2) is 89.8 Å². The van der Waals surface area contributed by atoms with Crippen LogP contribution in [0.1, 0.15) is 44.6 Å². The predicted molar refractivity (Wildman–Crippen MR) is 154 cm³/mol. The summed E-state index contributed by atoms with van der Waals surface area (Å²) in [6.45, 7) is 1.59. The van der Waals surface area contributed by atoms with Crippen molar-refractivity contribution in [3.8, 4) is 0 Å². The summed E-state index contributed by atoms with van der Waals surface area (Å²) in [7, 11) is -4.22. The highest BCUT2D eigenvalue weighted by molar-refractivity contribution is 7.92. The summed E-state index contributed by atoms with van der Waals surface area (Å²) in [4.78, 5) is 28.8. The highest BCUT2D eigenvalue weighted by atomic mass is 32.2. The zero-order valence-corrected chi connectivity index (χ0v) is 23.5. The molecule has 0 spiro atoms. The van der Waals surface area contributed by atoms with Gasteiger partial charge in [-0.15, -0.1) is 0 Å². The molecule has 1 fully saturated rings. The molecule has 0 saturated heterocycles. The van der Waals surface area contributed by atoms with E-state index in [0.29, 0.717) is 18.5 Å². The predicted octanol–water partition coefficient (Wildman–Crippen LogP) is 4.93. The van der Waals surface area contributed by atoms with E-state index in [4.69, 9.17) is 0 Å². The molecule has 1 atom stereocenters. The summed E-state index contributed by atoms with van der Waals surface area (Å²) >= 11 is 0. The van der Waals surface area contributed by atoms with E-state index < -0.39 is 34.3 Å². The average molecular weight is 566 g/mol. The minimum absolute atomic E-state index is 0.0901. The highest BCUT2D eigenvalue weighted by Gasteiger charge is 2.34. The molecule has 1 aliphatic carbocycles. The first-order chi connectivity index (χ1) is 19.3. The van der Waals surface area contributed by atoms with Crippen LogP contribution in [-0.2, 0) is 26.0 Å². The van der Waals surface area contributed by atoms with Gasteiger partial charge in [0, 0.05) is 12.6 Å². The van der Waals surface area contributed by atoms with E-state index in [-0.39, 0.29) is 23.4 Å². The standard InChI is InChI=1S/C31H36FN3O4S/c1-2-29(31(37)33-26-13-9-10-14-26)34(22-21-24-11-5-3-6-12-24)30(36)23-35(27-15-7-4-8-16-27)40(38,39)28-19-17-25(32)18-20-28/h3-8,11-12,15-20,26,29H,2,9-10,13-14,21-23H2,1H3,(H,33,37). The molecule has 0 heterocycles. The van der Waals surface area contributed by atoms with Gasteiger partial charge in [-0.1, -0.05) is 68.3 Å². The van der Waals surface area contributed by atoms with Gasteiger partial charge in [-0.25, -0.2) is 12.8 Å². The number of amides is 2. The van der Waals surface area contributed by atoms with Gasteiger partial charge in [-0.3, -0.25) is 13.9 Å². The van der Waals surface area contributed by atoms with Gasteiger partial charge in [-0.05, 0) is 67.6 Å². The SMILES string of the molecule is CCC(C(=O)NC1CCCC1)N(CCc1ccccc1)C(=O)CN(c1ccccc1)S(=O)(=O)c1ccc(F)cc1. The zero-order valence-electron chi connectivity index (χ0n) is 22.7. The van der Waals surface area contributed by atoms with Gasteiger partial charge in [0.25, 0.3) is 10.0 Å². The molecular weight excluding hydrogens is 529 g/mol. The number of anilines is 1. The minimum Gasteiger partial charge on any atom is -0.352 e. The molecule has 2 amide bonds. The minimum atomic E-state index is -4.22. The number of hydrogen-bond acceptors (Lipinski definition) is 4. The molecule has 212 valence electrons. The maximum atomic E-state index is 14.0. The Balaban J connectivity index is 1.65. The summed E-state index contributed by atoms with van der Waals surface area (Å²) in [5, 5.41) is 3.11. The van der Waals surface area contributed by atoms with Crippen molar-refractivity contribution in [3.63, 3.8) is 0 Å². The van der Waals surface area contributed by atoms with Crippen LogP contribution < -0.4 is 9.62 Å². The summed E-state index contributed by atoms with van der Waals surface area (Å²) in [6.07, 6.45) is 4.85. The number of nitrogens with zero attached hydrogens (tertiary/aromatic N) is 2. The fraction of sp³-hybridized carbons (Fsp3) is 0.355. The zero-order chi connectivity index (χ0) is 28.5. The van der Waals surface area contributed by atoms with Gasteiger partial charge >= 0.3 is 0 Å². The van der Waals surface area contributed by atoms with Crippen molar-refractivity contribution in [1.82, 2.24) is 10.2 Å². The third-order valence-corrected chi connectivity index (χ3v) is 9.08. The molecule has 4 rings (SSSR count). The number of para-hydroxylation sites is 1. The van der Waals surface area contributed by atoms with Crippen LogP contribution in [0.3, 0.4) is 0 Å². The lowest BCUT2D eigenvalue weighted by Gasteiger charge is -2.33. The van der Waals surface area contributed by atoms with Crippen LogP contribution in [0.2, 0.25) is 0 Å². The van der Waals surface area contributed by atoms with Crippen molar-refractivity contribution in [3.05, 3.63) is 96.3 Å². The lowest BCUT2D eigenvalue weighted by Crippen LogP contribution is -2.54. The van der Waals surface area contributed by atoms with Crippen molar-refractivity contribution in [1.29, 1.82) is 0 Å². The maximum Gasteiger partial charge on any atom is 0.264 e. The van der Waals surface area contributed by atoms with Crippen molar-refractivity contribution in [2.45, 2.75) is 62.4 Å². The Morgan fingerprint density at radius 2 is 1.52 bits per heavy atom. The molecule has 1 saturated carbocycles. The van der Waals surface area contributed by atoms with Crippen LogP contribution in [0.5, 0.6) is 0 Å². The first-order valence-corrected chi connectivity index (χ1v) is 15.2. The van der Waals surface area contributed by atoms with Crippen LogP contribution >= 0.6 is 0 Å². The number of benzene rings is 3. The van der Waals surface area contributed by atoms with E-state index >= 15 is 0 Å². The number of halogens is 1. The molecule has 7 nitrogen and oxygen atoms in total. The number of carbonyl (C=O) groups excluding carboxylic acids is 2. The first-order valence-electron chi connectivity index (χ1n) is 13.8. The van der Waals surface area contributed by atoms with Gasteiger partial charge in [0.05, 0.1) is 10.6 Å². The van der Waals surface area contributed by atoms with Crippen molar-refractivity contribution in [2.75, 3.05) is 17.4 Å². The Kier molecular flexibility index (Phi) is 9.93. The highest BCUT2D eigenvalue weighted by Crippen LogP contribution is 2.25. The molecule has 0 radical (unpaired) electrons. The fourth-order valence-corrected chi connectivity index (χ4v) is 6.53. The van der Waals surface area contributed by atoms with Crippen LogP contribution in [0.4, 0.5) is 10.1 Å². The van der Waals surface area contributed by atoms with Crippen molar-refractivity contribution in [2.24, 2.45) is 0 Å². The Morgan fingerprint density at radius 1 is 0.925 bits per heavy atom. The van der Waals surface area contributed by atoms with Gasteiger partial charge in [0.15, 0.2) is 0 Å². The molecule has 0 aliphatic heterocycles. The average Bonchev–Trinajstić information content (AvgIpc) is 3.48. The number of rotatable bonds is 12. The Labute approximate surface area is 236 Å². The fourth-order valence-electron chi connectivity index (χ4n) is 5.12. The Hall–Kier alpha value is -3.72. The van der Waals surface area contributed by atoms with Crippen LogP contribution in [0, 0.1) is 5.82 Å². The van der Waals surface area contributed by atoms with Gasteiger partial charge in [0.2, 0.25) is 11.8 Å². The van der Waals surface area contributed by atoms with Crippen molar-refractivity contribution < 1.29 is 22.4 Å². The normalized spacial score (nSPS) is 14.4. The number of carbonyl (C=O) groups is 2. The van der Waals surface area contributed by atoms with Gasteiger partial charge < -0.3 is 10.2 Å². The van der Waals surface area contributed by atoms with Gasteiger partial charge in [0.1, 0.15) is 18.4 Å². The summed E-state index contributed by atoms with van der Waals surface area (Å²) in [6, 6.07) is 21.8. The molecule has 0 bridgehead atoms. The molecule has 1 N–H and O–H groups in total. The van der Waals surface area contributed by atoms with E-state index in [2.05, 4.69) is 5.32 Å². The second-order valence-electron chi connectivity index (χ2n) is 10.0. The van der Waals surface area contributed by atoms with E-state index in [0.717, 1.165) is 47.7 Å². The molecule has 0 aromatic heterocycles. The Bertz CT molecular complexity index is 1360. The Morgan fingerprint density at radius 3 is 2.12 bits per heavy atom. The lowest BCUT2D eigenvalue weighted by molar-refractivity contribution is -0.139. The van der Waals surface area contributed by atoms with Crippen LogP contribution in [-0.4, -0.2) is 50.3 Å². The number of sulfonamides is 1. The summed E-state index contributed by atoms with van der Waals surface area (Å²) < 4.78 is 42.1. The topological polar surface area (TPSA) is 86.8 Å². The lowest BCUT2D eigenvalue weighted by atomic mass is 10.1. The third kappa shape index (κ3) is 7.27. The molecule has 9 heteroatoms. The van der Waals surface area contributed by atoms with E-state index in [9.17, 15) is 22.4 Å². The number of hydrogen-bond donors (Lipinski definition) is 1. The molecular formula is C31H36FN3O4S. The van der Waals surface area contributed by atoms with E-state index in [1.807, 2.05) is 37.3 Å². The third-order valence-electron chi connectivity index (χ3n) is 7.30. The number of nitrogens with one attached hydrogen (secondary N) is 1. The maximum absolute atomic E-state index is 14.0.